The van der Waals surface area contributed by atoms with E-state index in [2.05, 4.69) is 53.8 Å². The number of halogens is 1. The van der Waals surface area contributed by atoms with Gasteiger partial charge >= 0.3 is 6.09 Å². The highest BCUT2D eigenvalue weighted by molar-refractivity contribution is 6.31. The molecular weight excluding hydrogens is 656 g/mol. The highest BCUT2D eigenvalue weighted by atomic mass is 35.5. The number of hydrogen-bond acceptors (Lipinski definition) is 4. The standard InChI is InChI=1S/C44H37ClN2O4/c1-29-19-23-32(24-20-29)44(31-11-3-2-4-12-31,39-17-9-10-18-40(39)45)51-33-25-21-30(22-26-33)27-41(42(46)48)47-43(49)50-28-38-36-15-7-5-13-34(36)35-14-6-8-16-37(35)38/h2-26,38,41H,27-28H2,1H3,(H2,46,48)(H,47,49)/t41-,44?/m0/s1. The summed E-state index contributed by atoms with van der Waals surface area (Å²) in [6, 6.07) is 48.6. The zero-order chi connectivity index (χ0) is 35.4. The van der Waals surface area contributed by atoms with Crippen LogP contribution in [0.2, 0.25) is 5.02 Å². The summed E-state index contributed by atoms with van der Waals surface area (Å²) in [5, 5.41) is 3.25. The Bertz CT molecular complexity index is 2120. The number of carbonyl (C=O) groups is 2. The Labute approximate surface area is 302 Å². The summed E-state index contributed by atoms with van der Waals surface area (Å²) >= 11 is 6.89. The van der Waals surface area contributed by atoms with Crippen molar-refractivity contribution in [3.05, 3.63) is 196 Å². The third kappa shape index (κ3) is 6.83. The number of carbonyl (C=O) groups excluding carboxylic acids is 2. The fourth-order valence-corrected chi connectivity index (χ4v) is 7.24. The number of nitrogens with two attached hydrogens (primary N) is 1. The average Bonchev–Trinajstić information content (AvgIpc) is 3.48. The number of amides is 2. The first-order chi connectivity index (χ1) is 24.8. The van der Waals surface area contributed by atoms with Crippen LogP contribution in [0.3, 0.4) is 0 Å². The number of hydrogen-bond donors (Lipinski definition) is 2. The number of aryl methyl sites for hydroxylation is 1. The van der Waals surface area contributed by atoms with E-state index in [1.54, 1.807) is 0 Å². The van der Waals surface area contributed by atoms with Gasteiger partial charge in [0.25, 0.3) is 0 Å². The van der Waals surface area contributed by atoms with Crippen LogP contribution >= 0.6 is 11.6 Å². The maximum absolute atomic E-state index is 13.0. The van der Waals surface area contributed by atoms with Crippen molar-refractivity contribution in [1.82, 2.24) is 5.32 Å². The summed E-state index contributed by atoms with van der Waals surface area (Å²) in [6.45, 7) is 2.18. The lowest BCUT2D eigenvalue weighted by atomic mass is 9.79. The van der Waals surface area contributed by atoms with Gasteiger partial charge in [-0.15, -0.1) is 0 Å². The molecule has 0 spiro atoms. The number of nitrogens with one attached hydrogen (secondary N) is 1. The summed E-state index contributed by atoms with van der Waals surface area (Å²) in [5.41, 5.74) is 13.7. The van der Waals surface area contributed by atoms with Gasteiger partial charge in [-0.3, -0.25) is 4.79 Å². The molecule has 0 heterocycles. The summed E-state index contributed by atoms with van der Waals surface area (Å²) in [4.78, 5) is 25.5. The lowest BCUT2D eigenvalue weighted by Gasteiger charge is -2.37. The van der Waals surface area contributed by atoms with E-state index in [-0.39, 0.29) is 18.9 Å². The molecule has 0 saturated heterocycles. The highest BCUT2D eigenvalue weighted by Crippen LogP contribution is 2.45. The molecule has 3 N–H and O–H groups in total. The van der Waals surface area contributed by atoms with E-state index in [0.717, 1.165) is 50.1 Å². The molecule has 1 aliphatic carbocycles. The largest absolute Gasteiger partial charge is 0.473 e. The van der Waals surface area contributed by atoms with Crippen molar-refractivity contribution in [3.63, 3.8) is 0 Å². The maximum Gasteiger partial charge on any atom is 0.407 e. The first-order valence-corrected chi connectivity index (χ1v) is 17.3. The highest BCUT2D eigenvalue weighted by Gasteiger charge is 2.40. The number of alkyl carbamates (subject to hydrolysis) is 1. The van der Waals surface area contributed by atoms with Crippen LogP contribution in [0, 0.1) is 6.92 Å². The minimum atomic E-state index is -1.07. The van der Waals surface area contributed by atoms with Crippen molar-refractivity contribution in [2.75, 3.05) is 6.61 Å². The maximum atomic E-state index is 13.0. The molecule has 6 nitrogen and oxygen atoms in total. The molecule has 0 saturated carbocycles. The van der Waals surface area contributed by atoms with Gasteiger partial charge < -0.3 is 20.5 Å². The van der Waals surface area contributed by atoms with Crippen molar-refractivity contribution < 1.29 is 19.1 Å². The zero-order valence-corrected chi connectivity index (χ0v) is 28.8. The Morgan fingerprint density at radius 1 is 0.725 bits per heavy atom. The fourth-order valence-electron chi connectivity index (χ4n) is 6.97. The van der Waals surface area contributed by atoms with Gasteiger partial charge in [0.1, 0.15) is 18.4 Å². The third-order valence-corrected chi connectivity index (χ3v) is 9.83. The lowest BCUT2D eigenvalue weighted by molar-refractivity contribution is -0.119. The molecule has 6 aromatic rings. The van der Waals surface area contributed by atoms with Crippen LogP contribution in [0.15, 0.2) is 152 Å². The monoisotopic (exact) mass is 692 g/mol. The predicted molar refractivity (Wildman–Crippen MR) is 201 cm³/mol. The number of benzene rings is 6. The molecule has 0 aromatic heterocycles. The molecule has 0 radical (unpaired) electrons. The summed E-state index contributed by atoms with van der Waals surface area (Å²) in [6.07, 6.45) is -0.530. The van der Waals surface area contributed by atoms with Crippen LogP contribution in [0.5, 0.6) is 5.75 Å². The fraction of sp³-hybridized carbons (Fsp3) is 0.136. The number of ether oxygens (including phenoxy) is 2. The molecular formula is C44H37ClN2O4. The second-order valence-electron chi connectivity index (χ2n) is 12.8. The quantitative estimate of drug-likeness (QED) is 0.133. The van der Waals surface area contributed by atoms with Gasteiger partial charge in [0, 0.05) is 34.1 Å². The smallest absolute Gasteiger partial charge is 0.407 e. The van der Waals surface area contributed by atoms with E-state index in [0.29, 0.717) is 10.8 Å². The topological polar surface area (TPSA) is 90.7 Å². The SMILES string of the molecule is Cc1ccc(C(Oc2ccc(C[C@H](NC(=O)OCC3c4ccccc4-c4ccccc43)C(N)=O)cc2)(c2ccccc2)c2ccccc2Cl)cc1. The Balaban J connectivity index is 1.10. The molecule has 51 heavy (non-hydrogen) atoms. The Kier molecular flexibility index (Phi) is 9.60. The normalized spacial score (nSPS) is 13.7. The Morgan fingerprint density at radius 2 is 1.29 bits per heavy atom. The summed E-state index contributed by atoms with van der Waals surface area (Å²) < 4.78 is 12.7. The zero-order valence-electron chi connectivity index (χ0n) is 28.1. The molecule has 0 aliphatic heterocycles. The number of primary amides is 1. The molecule has 7 heteroatoms. The molecule has 1 unspecified atom stereocenters. The molecule has 254 valence electrons. The van der Waals surface area contributed by atoms with Crippen LogP contribution in [0.25, 0.3) is 11.1 Å². The summed E-state index contributed by atoms with van der Waals surface area (Å²) in [7, 11) is 0. The van der Waals surface area contributed by atoms with Gasteiger partial charge in [-0.05, 0) is 52.9 Å². The van der Waals surface area contributed by atoms with Gasteiger partial charge in [0.15, 0.2) is 5.60 Å². The summed E-state index contributed by atoms with van der Waals surface area (Å²) in [5.74, 6) is -0.176. The van der Waals surface area contributed by atoms with E-state index in [1.165, 1.54) is 0 Å². The van der Waals surface area contributed by atoms with E-state index in [9.17, 15) is 9.59 Å². The van der Waals surface area contributed by atoms with Crippen LogP contribution in [0.1, 0.15) is 44.9 Å². The first-order valence-electron chi connectivity index (χ1n) is 16.9. The van der Waals surface area contributed by atoms with E-state index in [4.69, 9.17) is 26.8 Å². The minimum absolute atomic E-state index is 0.101. The molecule has 2 amide bonds. The van der Waals surface area contributed by atoms with Gasteiger partial charge in [0.05, 0.1) is 0 Å². The van der Waals surface area contributed by atoms with E-state index < -0.39 is 23.6 Å². The lowest BCUT2D eigenvalue weighted by Crippen LogP contribution is -2.46. The third-order valence-electron chi connectivity index (χ3n) is 9.50. The second-order valence-corrected chi connectivity index (χ2v) is 13.2. The molecule has 6 aromatic carbocycles. The van der Waals surface area contributed by atoms with Gasteiger partial charge in [-0.25, -0.2) is 4.79 Å². The Hall–Kier alpha value is -5.85. The number of fused-ring (bicyclic) bond motifs is 3. The molecule has 1 aliphatic rings. The molecule has 2 atom stereocenters. The Morgan fingerprint density at radius 3 is 1.92 bits per heavy atom. The number of rotatable bonds is 11. The van der Waals surface area contributed by atoms with Crippen LogP contribution in [-0.2, 0) is 21.6 Å². The van der Waals surface area contributed by atoms with Crippen molar-refractivity contribution in [2.24, 2.45) is 5.73 Å². The van der Waals surface area contributed by atoms with Crippen LogP contribution in [0.4, 0.5) is 4.79 Å². The predicted octanol–water partition coefficient (Wildman–Crippen LogP) is 8.95. The van der Waals surface area contributed by atoms with Gasteiger partial charge in [-0.1, -0.05) is 151 Å². The van der Waals surface area contributed by atoms with Gasteiger partial charge in [-0.2, -0.15) is 0 Å². The van der Waals surface area contributed by atoms with Crippen molar-refractivity contribution in [1.29, 1.82) is 0 Å². The van der Waals surface area contributed by atoms with Crippen LogP contribution in [-0.4, -0.2) is 24.6 Å². The van der Waals surface area contributed by atoms with Crippen LogP contribution < -0.4 is 15.8 Å². The molecule has 0 fully saturated rings. The van der Waals surface area contributed by atoms with Crippen molar-refractivity contribution >= 4 is 23.6 Å². The molecule has 7 rings (SSSR count). The van der Waals surface area contributed by atoms with E-state index in [1.807, 2.05) is 110 Å². The van der Waals surface area contributed by atoms with E-state index >= 15 is 0 Å². The minimum Gasteiger partial charge on any atom is -0.473 e. The van der Waals surface area contributed by atoms with Crippen molar-refractivity contribution in [3.8, 4) is 16.9 Å². The average molecular weight is 693 g/mol. The van der Waals surface area contributed by atoms with Gasteiger partial charge in [0.2, 0.25) is 5.91 Å². The second kappa shape index (κ2) is 14.6. The first kappa shape index (κ1) is 33.6. The molecule has 0 bridgehead atoms. The van der Waals surface area contributed by atoms with Crippen molar-refractivity contribution in [2.45, 2.75) is 30.9 Å².